The normalized spacial score (nSPS) is 18.2. The zero-order chi connectivity index (χ0) is 22.2. The van der Waals surface area contributed by atoms with Crippen LogP contribution in [0.25, 0.3) is 11.3 Å². The van der Waals surface area contributed by atoms with E-state index >= 15 is 0 Å². The highest BCUT2D eigenvalue weighted by atomic mass is 19.1. The van der Waals surface area contributed by atoms with Gasteiger partial charge in [-0.05, 0) is 43.5 Å². The number of imide groups is 1. The van der Waals surface area contributed by atoms with Crippen molar-refractivity contribution >= 4 is 17.7 Å². The number of amides is 3. The number of nitrogens with zero attached hydrogens (tertiary/aromatic N) is 3. The Morgan fingerprint density at radius 2 is 1.81 bits per heavy atom. The smallest absolute Gasteiger partial charge is 0.262 e. The van der Waals surface area contributed by atoms with Crippen LogP contribution in [0.3, 0.4) is 0 Å². The quantitative estimate of drug-likeness (QED) is 0.639. The minimum Gasteiger partial charge on any atom is -0.340 e. The van der Waals surface area contributed by atoms with Crippen molar-refractivity contribution in [3.63, 3.8) is 0 Å². The molecule has 0 aliphatic carbocycles. The molecular formula is C24H21FN4O3. The zero-order valence-corrected chi connectivity index (χ0v) is 17.3. The van der Waals surface area contributed by atoms with Gasteiger partial charge < -0.3 is 9.88 Å². The fourth-order valence-electron chi connectivity index (χ4n) is 4.43. The minimum absolute atomic E-state index is 0.297. The zero-order valence-electron chi connectivity index (χ0n) is 17.3. The number of likely N-dealkylation sites (tertiary alicyclic amines) is 1. The number of hydrogen-bond acceptors (Lipinski definition) is 4. The molecule has 0 radical (unpaired) electrons. The second-order valence-electron chi connectivity index (χ2n) is 8.03. The van der Waals surface area contributed by atoms with Gasteiger partial charge in [0.05, 0.1) is 29.1 Å². The largest absolute Gasteiger partial charge is 0.340 e. The summed E-state index contributed by atoms with van der Waals surface area (Å²) in [6.45, 7) is 0.211. The van der Waals surface area contributed by atoms with Gasteiger partial charge in [-0.15, -0.1) is 0 Å². The average molecular weight is 432 g/mol. The molecule has 2 aliphatic heterocycles. The topological polar surface area (TPSA) is 86.4 Å². The molecule has 7 nitrogen and oxygen atoms in total. The highest BCUT2D eigenvalue weighted by Gasteiger charge is 2.39. The Kier molecular flexibility index (Phi) is 5.05. The molecule has 3 aromatic rings. The summed E-state index contributed by atoms with van der Waals surface area (Å²) in [7, 11) is 0. The number of carbonyl (C=O) groups excluding carboxylic acids is 3. The van der Waals surface area contributed by atoms with Crippen LogP contribution in [0.5, 0.6) is 0 Å². The molecule has 32 heavy (non-hydrogen) atoms. The van der Waals surface area contributed by atoms with Crippen LogP contribution >= 0.6 is 0 Å². The number of aromatic nitrogens is 2. The van der Waals surface area contributed by atoms with Crippen molar-refractivity contribution in [2.75, 3.05) is 13.1 Å². The number of imidazole rings is 1. The van der Waals surface area contributed by atoms with Crippen LogP contribution in [0.2, 0.25) is 0 Å². The molecule has 1 fully saturated rings. The number of halogens is 1. The number of carbonyl (C=O) groups is 3. The second kappa shape index (κ2) is 8.03. The van der Waals surface area contributed by atoms with Crippen LogP contribution in [-0.2, 0) is 4.79 Å². The van der Waals surface area contributed by atoms with E-state index in [1.807, 2.05) is 0 Å². The van der Waals surface area contributed by atoms with E-state index in [0.29, 0.717) is 41.2 Å². The van der Waals surface area contributed by atoms with Gasteiger partial charge >= 0.3 is 0 Å². The van der Waals surface area contributed by atoms with E-state index in [2.05, 4.69) is 9.97 Å². The molecule has 1 unspecified atom stereocenters. The number of H-pyrrole nitrogens is 1. The standard InChI is InChI=1S/C24H21FN4O3/c25-16-7-5-6-15(12-16)19-13-26-22(27-19)20-10-3-4-11-28(20)21(30)14-29-23(31)17-8-1-2-9-18(17)24(29)32/h1-2,5-9,12-13,20H,3-4,10-11,14H2,(H,26,27). The molecule has 5 rings (SSSR count). The van der Waals surface area contributed by atoms with Gasteiger partial charge in [0.1, 0.15) is 18.2 Å². The molecule has 3 heterocycles. The number of aromatic amines is 1. The van der Waals surface area contributed by atoms with E-state index in [0.717, 1.165) is 17.7 Å². The summed E-state index contributed by atoms with van der Waals surface area (Å²) in [5, 5.41) is 0. The number of nitrogens with one attached hydrogen (secondary N) is 1. The molecule has 0 bridgehead atoms. The van der Waals surface area contributed by atoms with Crippen molar-refractivity contribution in [3.8, 4) is 11.3 Å². The van der Waals surface area contributed by atoms with Crippen molar-refractivity contribution in [3.05, 3.63) is 77.5 Å². The lowest BCUT2D eigenvalue weighted by Gasteiger charge is -2.35. The lowest BCUT2D eigenvalue weighted by Crippen LogP contribution is -2.46. The van der Waals surface area contributed by atoms with Gasteiger partial charge in [-0.2, -0.15) is 0 Å². The Hall–Kier alpha value is -3.81. The van der Waals surface area contributed by atoms with Gasteiger partial charge in [0.15, 0.2) is 0 Å². The lowest BCUT2D eigenvalue weighted by atomic mass is 10.0. The molecule has 1 N–H and O–H groups in total. The van der Waals surface area contributed by atoms with E-state index in [1.165, 1.54) is 12.1 Å². The Labute approximate surface area is 183 Å². The van der Waals surface area contributed by atoms with Crippen molar-refractivity contribution < 1.29 is 18.8 Å². The summed E-state index contributed by atoms with van der Waals surface area (Å²) in [5.41, 5.74) is 1.99. The summed E-state index contributed by atoms with van der Waals surface area (Å²) in [6.07, 6.45) is 4.11. The Morgan fingerprint density at radius 1 is 1.06 bits per heavy atom. The monoisotopic (exact) mass is 432 g/mol. The third-order valence-electron chi connectivity index (χ3n) is 6.04. The summed E-state index contributed by atoms with van der Waals surface area (Å²) in [4.78, 5) is 48.9. The van der Waals surface area contributed by atoms with Crippen molar-refractivity contribution in [1.29, 1.82) is 0 Å². The SMILES string of the molecule is O=C1c2ccccc2C(=O)N1CC(=O)N1CCCCC1c1ncc(-c2cccc(F)c2)[nH]1. The van der Waals surface area contributed by atoms with E-state index in [4.69, 9.17) is 0 Å². The summed E-state index contributed by atoms with van der Waals surface area (Å²) in [6, 6.07) is 12.5. The highest BCUT2D eigenvalue weighted by Crippen LogP contribution is 2.31. The molecule has 3 amide bonds. The van der Waals surface area contributed by atoms with Gasteiger partial charge in [-0.3, -0.25) is 19.3 Å². The molecule has 0 saturated carbocycles. The van der Waals surface area contributed by atoms with Crippen LogP contribution in [0, 0.1) is 5.82 Å². The van der Waals surface area contributed by atoms with Crippen LogP contribution in [-0.4, -0.2) is 50.6 Å². The number of benzene rings is 2. The molecule has 1 aromatic heterocycles. The van der Waals surface area contributed by atoms with E-state index in [9.17, 15) is 18.8 Å². The number of rotatable bonds is 4. The van der Waals surface area contributed by atoms with Crippen molar-refractivity contribution in [2.45, 2.75) is 25.3 Å². The molecule has 2 aliphatic rings. The number of fused-ring (bicyclic) bond motifs is 1. The van der Waals surface area contributed by atoms with Crippen molar-refractivity contribution in [2.24, 2.45) is 0 Å². The maximum absolute atomic E-state index is 13.6. The fraction of sp³-hybridized carbons (Fsp3) is 0.250. The minimum atomic E-state index is -0.445. The van der Waals surface area contributed by atoms with Gasteiger partial charge in [-0.1, -0.05) is 24.3 Å². The highest BCUT2D eigenvalue weighted by molar-refractivity contribution is 6.22. The van der Waals surface area contributed by atoms with E-state index < -0.39 is 11.8 Å². The molecule has 0 spiro atoms. The first-order valence-corrected chi connectivity index (χ1v) is 10.6. The van der Waals surface area contributed by atoms with Crippen LogP contribution in [0.15, 0.2) is 54.7 Å². The van der Waals surface area contributed by atoms with Crippen molar-refractivity contribution in [1.82, 2.24) is 19.8 Å². The predicted octanol–water partition coefficient (Wildman–Crippen LogP) is 3.57. The molecule has 1 atom stereocenters. The molecule has 1 saturated heterocycles. The molecule has 162 valence electrons. The average Bonchev–Trinajstić information content (AvgIpc) is 3.39. The van der Waals surface area contributed by atoms with Gasteiger partial charge in [0.25, 0.3) is 11.8 Å². The lowest BCUT2D eigenvalue weighted by molar-refractivity contribution is -0.135. The van der Waals surface area contributed by atoms with Crippen LogP contribution in [0.1, 0.15) is 51.8 Å². The summed E-state index contributed by atoms with van der Waals surface area (Å²) in [5.74, 6) is -0.917. The Morgan fingerprint density at radius 3 is 2.53 bits per heavy atom. The molecule has 8 heteroatoms. The summed E-state index contributed by atoms with van der Waals surface area (Å²) < 4.78 is 13.6. The molecule has 2 aromatic carbocycles. The second-order valence-corrected chi connectivity index (χ2v) is 8.03. The van der Waals surface area contributed by atoms with Gasteiger partial charge in [0, 0.05) is 12.1 Å². The van der Waals surface area contributed by atoms with E-state index in [-0.39, 0.29) is 24.3 Å². The Bertz CT molecular complexity index is 1190. The first-order valence-electron chi connectivity index (χ1n) is 10.6. The van der Waals surface area contributed by atoms with Crippen LogP contribution in [0.4, 0.5) is 4.39 Å². The maximum Gasteiger partial charge on any atom is 0.262 e. The predicted molar refractivity (Wildman–Crippen MR) is 114 cm³/mol. The number of piperidine rings is 1. The fourth-order valence-corrected chi connectivity index (χ4v) is 4.43. The van der Waals surface area contributed by atoms with Crippen LogP contribution < -0.4 is 0 Å². The first kappa shape index (κ1) is 20.1. The summed E-state index contributed by atoms with van der Waals surface area (Å²) >= 11 is 0. The third kappa shape index (κ3) is 3.47. The Balaban J connectivity index is 1.36. The van der Waals surface area contributed by atoms with Gasteiger partial charge in [-0.25, -0.2) is 9.37 Å². The molecular weight excluding hydrogens is 411 g/mol. The number of hydrogen-bond donors (Lipinski definition) is 1. The first-order chi connectivity index (χ1) is 15.5. The third-order valence-corrected chi connectivity index (χ3v) is 6.04. The van der Waals surface area contributed by atoms with E-state index in [1.54, 1.807) is 47.5 Å². The van der Waals surface area contributed by atoms with Gasteiger partial charge in [0.2, 0.25) is 5.91 Å². The maximum atomic E-state index is 13.6.